The molecule has 1 aromatic carbocycles. The standard InChI is InChI=1S/C26H28F3N7O2S/c1-30-17-7-9-35-10-11-36(13-20(17)35)23-18(4-5-21(38-16-2-3-16)22(23)26(27,28)29)33-24(37)19-14-39-25(34-19)15-6-8-31-32-12-15/h4-6,8,12,14,16-17,20,30H,2-3,7,9-11,13H2,1H3,(H,33,37)/t17-,20+/m1/s1. The molecule has 206 valence electrons. The van der Waals surface area contributed by atoms with Crippen LogP contribution in [-0.2, 0) is 6.18 Å². The van der Waals surface area contributed by atoms with Crippen molar-refractivity contribution in [3.63, 3.8) is 0 Å². The summed E-state index contributed by atoms with van der Waals surface area (Å²) < 4.78 is 49.9. The number of piperazine rings is 1. The number of fused-ring (bicyclic) bond motifs is 1. The van der Waals surface area contributed by atoms with E-state index in [4.69, 9.17) is 4.74 Å². The van der Waals surface area contributed by atoms with Gasteiger partial charge in [-0.1, -0.05) is 0 Å². The van der Waals surface area contributed by atoms with Gasteiger partial charge in [0.15, 0.2) is 0 Å². The molecule has 4 heterocycles. The molecule has 1 amide bonds. The second-order valence-electron chi connectivity index (χ2n) is 10.0. The van der Waals surface area contributed by atoms with Gasteiger partial charge in [0, 0.05) is 49.2 Å². The van der Waals surface area contributed by atoms with Gasteiger partial charge in [0.2, 0.25) is 0 Å². The van der Waals surface area contributed by atoms with Crippen LogP contribution in [0.3, 0.4) is 0 Å². The molecular formula is C26H28F3N7O2S. The van der Waals surface area contributed by atoms with Crippen LogP contribution in [0.4, 0.5) is 24.5 Å². The van der Waals surface area contributed by atoms with Gasteiger partial charge in [0.25, 0.3) is 5.91 Å². The lowest BCUT2D eigenvalue weighted by Gasteiger charge is -2.42. The number of nitrogens with zero attached hydrogens (tertiary/aromatic N) is 5. The Labute approximate surface area is 227 Å². The quantitative estimate of drug-likeness (QED) is 0.450. The van der Waals surface area contributed by atoms with Crippen molar-refractivity contribution >= 4 is 28.6 Å². The third kappa shape index (κ3) is 5.30. The van der Waals surface area contributed by atoms with Crippen LogP contribution in [0.25, 0.3) is 10.6 Å². The van der Waals surface area contributed by atoms with Gasteiger partial charge < -0.3 is 20.3 Å². The van der Waals surface area contributed by atoms with Crippen LogP contribution < -0.4 is 20.3 Å². The first-order valence-electron chi connectivity index (χ1n) is 12.9. The second-order valence-corrected chi connectivity index (χ2v) is 10.9. The number of hydrogen-bond acceptors (Lipinski definition) is 9. The monoisotopic (exact) mass is 559 g/mol. The number of halogens is 3. The van der Waals surface area contributed by atoms with E-state index in [1.54, 1.807) is 16.3 Å². The predicted octanol–water partition coefficient (Wildman–Crippen LogP) is 3.89. The maximum Gasteiger partial charge on any atom is 0.422 e. The van der Waals surface area contributed by atoms with Crippen molar-refractivity contribution in [1.82, 2.24) is 25.4 Å². The van der Waals surface area contributed by atoms with Crippen LogP contribution in [0, 0.1) is 0 Å². The smallest absolute Gasteiger partial charge is 0.422 e. The molecule has 3 aliphatic rings. The van der Waals surface area contributed by atoms with Crippen LogP contribution in [0.15, 0.2) is 36.0 Å². The predicted molar refractivity (Wildman–Crippen MR) is 141 cm³/mol. The van der Waals surface area contributed by atoms with Gasteiger partial charge >= 0.3 is 6.18 Å². The molecule has 2 N–H and O–H groups in total. The number of nitrogens with one attached hydrogen (secondary N) is 2. The van der Waals surface area contributed by atoms with Gasteiger partial charge in [0.1, 0.15) is 22.0 Å². The normalized spacial score (nSPS) is 21.6. The first kappa shape index (κ1) is 26.0. The lowest BCUT2D eigenvalue weighted by molar-refractivity contribution is -0.138. The van der Waals surface area contributed by atoms with Gasteiger partial charge in [-0.2, -0.15) is 23.4 Å². The van der Waals surface area contributed by atoms with Gasteiger partial charge in [-0.25, -0.2) is 4.98 Å². The highest BCUT2D eigenvalue weighted by Gasteiger charge is 2.44. The molecule has 0 spiro atoms. The number of hydrogen-bond donors (Lipinski definition) is 2. The summed E-state index contributed by atoms with van der Waals surface area (Å²) in [7, 11) is 1.88. The van der Waals surface area contributed by atoms with E-state index in [9.17, 15) is 18.0 Å². The summed E-state index contributed by atoms with van der Waals surface area (Å²) in [5.74, 6) is -0.782. The van der Waals surface area contributed by atoms with E-state index in [0.29, 0.717) is 30.2 Å². The number of anilines is 2. The molecule has 1 aliphatic carbocycles. The van der Waals surface area contributed by atoms with Crippen molar-refractivity contribution in [3.05, 3.63) is 47.2 Å². The topological polar surface area (TPSA) is 95.5 Å². The molecule has 0 unspecified atom stereocenters. The van der Waals surface area contributed by atoms with Crippen molar-refractivity contribution in [2.75, 3.05) is 43.4 Å². The Hall–Kier alpha value is -3.29. The van der Waals surface area contributed by atoms with E-state index in [1.807, 2.05) is 7.05 Å². The first-order valence-corrected chi connectivity index (χ1v) is 13.8. The zero-order valence-corrected chi connectivity index (χ0v) is 22.1. The molecule has 3 aromatic rings. The molecular weight excluding hydrogens is 531 g/mol. The highest BCUT2D eigenvalue weighted by atomic mass is 32.1. The maximum absolute atomic E-state index is 14.7. The summed E-state index contributed by atoms with van der Waals surface area (Å²) in [5, 5.41) is 15.8. The van der Waals surface area contributed by atoms with Crippen molar-refractivity contribution in [2.24, 2.45) is 0 Å². The number of thiazole rings is 1. The number of carbonyl (C=O) groups excluding carboxylic acids is 1. The second kappa shape index (κ2) is 10.4. The van der Waals surface area contributed by atoms with Gasteiger partial charge in [0.05, 0.1) is 29.9 Å². The Balaban J connectivity index is 1.36. The number of ether oxygens (including phenoxy) is 1. The lowest BCUT2D eigenvalue weighted by atomic mass is 10.0. The minimum atomic E-state index is -4.68. The van der Waals surface area contributed by atoms with Crippen molar-refractivity contribution in [3.8, 4) is 16.3 Å². The summed E-state index contributed by atoms with van der Waals surface area (Å²) in [6.45, 7) is 2.35. The Morgan fingerprint density at radius 2 is 1.97 bits per heavy atom. The van der Waals surface area contributed by atoms with Crippen molar-refractivity contribution in [1.29, 1.82) is 0 Å². The molecule has 9 nitrogen and oxygen atoms in total. The SMILES string of the molecule is CN[C@@H]1CCN2CCN(c3c(NC(=O)c4csc(-c5ccnnc5)n4)ccc(OC4CC4)c3C(F)(F)F)C[C@@H]12. The lowest BCUT2D eigenvalue weighted by Crippen LogP contribution is -2.55. The molecule has 0 bridgehead atoms. The third-order valence-electron chi connectivity index (χ3n) is 7.47. The number of benzene rings is 1. The van der Waals surface area contributed by atoms with Crippen LogP contribution in [0.5, 0.6) is 5.75 Å². The summed E-state index contributed by atoms with van der Waals surface area (Å²) in [4.78, 5) is 21.7. The molecule has 2 saturated heterocycles. The molecule has 2 aliphatic heterocycles. The fourth-order valence-electron chi connectivity index (χ4n) is 5.40. The zero-order valence-electron chi connectivity index (χ0n) is 21.2. The number of aromatic nitrogens is 3. The first-order chi connectivity index (χ1) is 18.8. The van der Waals surface area contributed by atoms with Crippen LogP contribution >= 0.6 is 11.3 Å². The van der Waals surface area contributed by atoms with Gasteiger partial charge in [-0.3, -0.25) is 9.69 Å². The van der Waals surface area contributed by atoms with Crippen LogP contribution in [-0.4, -0.2) is 77.4 Å². The van der Waals surface area contributed by atoms with Crippen LogP contribution in [0.2, 0.25) is 0 Å². The van der Waals surface area contributed by atoms with Crippen LogP contribution in [0.1, 0.15) is 35.3 Å². The number of carbonyl (C=O) groups is 1. The number of rotatable bonds is 7. The summed E-state index contributed by atoms with van der Waals surface area (Å²) in [6, 6.07) is 4.80. The molecule has 6 rings (SSSR count). The highest BCUT2D eigenvalue weighted by Crippen LogP contribution is 2.48. The number of alkyl halides is 3. The Morgan fingerprint density at radius 1 is 1.13 bits per heavy atom. The van der Waals surface area contributed by atoms with E-state index >= 15 is 0 Å². The third-order valence-corrected chi connectivity index (χ3v) is 8.36. The van der Waals surface area contributed by atoms with Gasteiger partial charge in [-0.05, 0) is 44.5 Å². The number of amides is 1. The van der Waals surface area contributed by atoms with Gasteiger partial charge in [-0.15, -0.1) is 11.3 Å². The van der Waals surface area contributed by atoms with E-state index in [-0.39, 0.29) is 41.0 Å². The largest absolute Gasteiger partial charge is 0.490 e. The summed E-state index contributed by atoms with van der Waals surface area (Å²) in [5.41, 5.74) is -0.00147. The summed E-state index contributed by atoms with van der Waals surface area (Å²) in [6.07, 6.45) is 0.565. The average molecular weight is 560 g/mol. The minimum absolute atomic E-state index is 0.0517. The van der Waals surface area contributed by atoms with Crippen molar-refractivity contribution < 1.29 is 22.7 Å². The molecule has 2 aromatic heterocycles. The van der Waals surface area contributed by atoms with E-state index in [1.165, 1.54) is 35.9 Å². The Bertz CT molecular complexity index is 1340. The molecule has 1 saturated carbocycles. The fraction of sp³-hybridized carbons (Fsp3) is 0.462. The Kier molecular flexibility index (Phi) is 6.89. The fourth-order valence-corrected chi connectivity index (χ4v) is 6.19. The molecule has 13 heteroatoms. The molecule has 39 heavy (non-hydrogen) atoms. The van der Waals surface area contributed by atoms with E-state index in [2.05, 4.69) is 30.7 Å². The average Bonchev–Trinajstić information content (AvgIpc) is 3.44. The highest BCUT2D eigenvalue weighted by molar-refractivity contribution is 7.13. The molecule has 3 fully saturated rings. The molecule has 2 atom stereocenters. The Morgan fingerprint density at radius 3 is 2.69 bits per heavy atom. The van der Waals surface area contributed by atoms with E-state index in [0.717, 1.165) is 25.8 Å². The van der Waals surface area contributed by atoms with E-state index < -0.39 is 17.6 Å². The zero-order chi connectivity index (χ0) is 27.1. The van der Waals surface area contributed by atoms with Crippen molar-refractivity contribution in [2.45, 2.75) is 43.6 Å². The number of likely N-dealkylation sites (N-methyl/N-ethyl adjacent to an activating group) is 1. The minimum Gasteiger partial charge on any atom is -0.490 e. The summed E-state index contributed by atoms with van der Waals surface area (Å²) >= 11 is 1.25. The maximum atomic E-state index is 14.7. The molecule has 0 radical (unpaired) electrons.